The van der Waals surface area contributed by atoms with Crippen molar-refractivity contribution >= 4 is 240 Å². The lowest BCUT2D eigenvalue weighted by Gasteiger charge is -2.30. The molecule has 0 unspecified atom stereocenters. The van der Waals surface area contributed by atoms with Crippen LogP contribution in [0.3, 0.4) is 0 Å². The number of rotatable bonds is 9. The van der Waals surface area contributed by atoms with Crippen LogP contribution in [0, 0.1) is 40.5 Å². The van der Waals surface area contributed by atoms with Crippen LogP contribution in [0.4, 0.5) is 17.1 Å². The molecule has 74 heavy (non-hydrogen) atoms. The van der Waals surface area contributed by atoms with Crippen LogP contribution in [0.2, 0.25) is 0 Å². The van der Waals surface area contributed by atoms with Crippen molar-refractivity contribution in [2.24, 2.45) is 0 Å². The third-order valence-electron chi connectivity index (χ3n) is 10.1. The molecule has 0 spiro atoms. The van der Waals surface area contributed by atoms with Gasteiger partial charge in [-0.2, -0.15) is 8.42 Å². The molecule has 0 saturated carbocycles. The quantitative estimate of drug-likeness (QED) is 0.0308. The van der Waals surface area contributed by atoms with E-state index in [1.54, 1.807) is 0 Å². The summed E-state index contributed by atoms with van der Waals surface area (Å²) in [7, 11) is -9.91. The zero-order valence-electron chi connectivity index (χ0n) is 34.2. The van der Waals surface area contributed by atoms with Gasteiger partial charge in [-0.1, -0.05) is 0 Å². The Balaban J connectivity index is 0.000000241. The summed E-state index contributed by atoms with van der Waals surface area (Å²) in [4.78, 5) is 54.1. The lowest BCUT2D eigenvalue weighted by molar-refractivity contribution is -0.418. The van der Waals surface area contributed by atoms with Crippen molar-refractivity contribution in [3.63, 3.8) is 0 Å². The molecule has 1 aliphatic heterocycles. The highest BCUT2D eigenvalue weighted by molar-refractivity contribution is 9.16. The van der Waals surface area contributed by atoms with Gasteiger partial charge in [0.2, 0.25) is 17.2 Å². The molecule has 0 radical (unpaired) electrons. The molecule has 7 rings (SSSR count). The van der Waals surface area contributed by atoms with E-state index in [2.05, 4.69) is 191 Å². The third kappa shape index (κ3) is 10.9. The zero-order valence-corrected chi connectivity index (χ0v) is 54.9. The molecule has 1 heterocycles. The number of aromatic hydroxyl groups is 3. The van der Waals surface area contributed by atoms with E-state index in [0.29, 0.717) is 4.47 Å². The summed E-state index contributed by atoms with van der Waals surface area (Å²) in [6.07, 6.45) is 1.97. The molecule has 3 N–H and O–H groups in total. The van der Waals surface area contributed by atoms with E-state index in [-0.39, 0.29) is 93.1 Å². The average molecular weight is 1830 g/mol. The Morgan fingerprint density at radius 2 is 0.986 bits per heavy atom. The molecular weight excluding hydrogens is 1820 g/mol. The fourth-order valence-corrected chi connectivity index (χ4v) is 17.6. The second-order valence-corrected chi connectivity index (χ2v) is 26.8. The normalized spacial score (nSPS) is 15.3. The van der Waals surface area contributed by atoms with E-state index in [4.69, 9.17) is 4.18 Å². The maximum absolute atomic E-state index is 13.5. The van der Waals surface area contributed by atoms with Crippen LogP contribution < -0.4 is 0 Å². The fraction of sp³-hybridized carbons (Fsp3) is 0.0263. The molecule has 0 amide bonds. The number of nitrogens with zero attached hydrogens (tertiary/aromatic N) is 4. The second kappa shape index (κ2) is 22.4. The average Bonchev–Trinajstić information content (AvgIpc) is 3.56. The van der Waals surface area contributed by atoms with Crippen LogP contribution in [0.5, 0.6) is 17.2 Å². The van der Waals surface area contributed by atoms with Gasteiger partial charge in [-0.15, -0.1) is 0 Å². The highest BCUT2D eigenvalue weighted by Gasteiger charge is 2.56. The van der Waals surface area contributed by atoms with Crippen LogP contribution in [-0.2, 0) is 34.8 Å². The molecule has 0 atom stereocenters. The van der Waals surface area contributed by atoms with E-state index in [1.165, 1.54) is 18.2 Å². The van der Waals surface area contributed by atoms with Gasteiger partial charge < -0.3 is 19.9 Å². The van der Waals surface area contributed by atoms with Crippen LogP contribution in [0.25, 0.3) is 5.57 Å². The lowest BCUT2D eigenvalue weighted by atomic mass is 9.80. The maximum Gasteiger partial charge on any atom is 0.318 e. The first-order chi connectivity index (χ1) is 34.0. The van der Waals surface area contributed by atoms with Gasteiger partial charge in [0.05, 0.1) is 51.4 Å². The number of Topliss-reactive ketones (excluding diaryl/α,β-unsaturated/α-hetero) is 1. The predicted octanol–water partition coefficient (Wildman–Crippen LogP) is 14.3. The fourth-order valence-electron chi connectivity index (χ4n) is 7.07. The first kappa shape index (κ1) is 60.8. The summed E-state index contributed by atoms with van der Waals surface area (Å²) in [5.41, 5.74) is -6.88. The molecule has 1 aliphatic carbocycles. The Labute approximate surface area is 513 Å². The molecule has 22 nitrogen and oxygen atoms in total. The van der Waals surface area contributed by atoms with E-state index >= 15 is 0 Å². The van der Waals surface area contributed by atoms with Crippen molar-refractivity contribution in [2.45, 2.75) is 15.4 Å². The lowest BCUT2D eigenvalue weighted by Crippen LogP contribution is -2.30. The molecule has 388 valence electrons. The van der Waals surface area contributed by atoms with E-state index in [9.17, 15) is 82.0 Å². The number of hydrogen-bond acceptors (Lipinski definition) is 18. The molecule has 36 heteroatoms. The second-order valence-electron chi connectivity index (χ2n) is 14.3. The first-order valence-corrected chi connectivity index (χ1v) is 30.6. The number of phenolic OH excluding ortho intramolecular Hbond substituents is 3. The number of allylic oxidation sites excluding steroid dienone is 4. The van der Waals surface area contributed by atoms with Gasteiger partial charge in [-0.25, -0.2) is 12.6 Å². The Hall–Kier alpha value is -2.43. The number of halogens is 12. The maximum atomic E-state index is 13.5. The smallest absolute Gasteiger partial charge is 0.318 e. The number of carbonyl (C=O) groups excluding carboxylic acids is 1. The highest BCUT2D eigenvalue weighted by Crippen LogP contribution is 2.60. The Bertz CT molecular complexity index is 3750. The molecule has 0 fully saturated rings. The number of fused-ring (bicyclic) bond motifs is 1. The van der Waals surface area contributed by atoms with E-state index in [1.807, 2.05) is 0 Å². The van der Waals surface area contributed by atoms with Gasteiger partial charge >= 0.3 is 22.8 Å². The van der Waals surface area contributed by atoms with Crippen molar-refractivity contribution in [2.75, 3.05) is 0 Å². The highest BCUT2D eigenvalue weighted by atomic mass is 79.9. The number of carbonyl (C=O) groups is 1. The molecule has 0 saturated heterocycles. The summed E-state index contributed by atoms with van der Waals surface area (Å²) in [5.74, 6) is -3.20. The van der Waals surface area contributed by atoms with Crippen LogP contribution in [0.15, 0.2) is 123 Å². The molecule has 0 aromatic heterocycles. The van der Waals surface area contributed by atoms with Crippen molar-refractivity contribution < 1.29 is 65.4 Å². The number of hydrogen-bond donors (Lipinski definition) is 3. The van der Waals surface area contributed by atoms with Crippen molar-refractivity contribution in [3.8, 4) is 17.2 Å². The number of ketones is 1. The standard InChI is InChI=1S/2C19H6Br6N2O9S/c20-7-1-5(3-9(16(7)28)26(30)31)19(6-2-8(21)17(29)10(4-6)27(32)33)11-12(22)13(23)14(24)15(25)18(11)37(34,35)36-19;20-7-1-5(3-9(17(7)28)26(30)31)11(6-2-8(21)18(29)10(4-6)27(32)33)12-13(22)14(23)15(24)16(25)19(12)37(34,35)36/h1-4,28-29H;1-4,28H,(H,34,35,36)/p-1/b;11-6+. The van der Waals surface area contributed by atoms with Gasteiger partial charge in [0, 0.05) is 73.4 Å². The minimum Gasteiger partial charge on any atom is -0.744 e. The molecule has 2 aliphatic rings. The zero-order chi connectivity index (χ0) is 55.9. The largest absolute Gasteiger partial charge is 0.744 e. The van der Waals surface area contributed by atoms with Crippen molar-refractivity contribution in [3.05, 3.63) is 182 Å². The van der Waals surface area contributed by atoms with Gasteiger partial charge in [0.1, 0.15) is 15.0 Å². The third-order valence-corrected chi connectivity index (χ3v) is 24.9. The SMILES string of the molecule is O=C1C(Br)=C/C(=C(/c2cc(Br)c(O)c([N+](=O)[O-])c2)c2c(Br)c(Br)c(Br)c(Br)c2S(=O)(=O)[O-])C=C1[N+](=O)[O-].O=[N+]([O-])c1cc(C2(c3cc(Br)c(O)c([N+](=O)[O-])c3)OS(=O)(=O)c3c(Br)c(Br)c(Br)c(Br)c32)cc(Br)c1O. The van der Waals surface area contributed by atoms with E-state index in [0.717, 1.165) is 30.4 Å². The first-order valence-electron chi connectivity index (χ1n) is 18.2. The van der Waals surface area contributed by atoms with Gasteiger partial charge in [-0.05, 0) is 232 Å². The summed E-state index contributed by atoms with van der Waals surface area (Å²) in [6, 6.07) is 6.24. The summed E-state index contributed by atoms with van der Waals surface area (Å²) >= 11 is 38.1. The van der Waals surface area contributed by atoms with Crippen LogP contribution in [0.1, 0.15) is 27.8 Å². The van der Waals surface area contributed by atoms with Gasteiger partial charge in [0.25, 0.3) is 15.9 Å². The Morgan fingerprint density at radius 1 is 0.568 bits per heavy atom. The van der Waals surface area contributed by atoms with Crippen molar-refractivity contribution in [1.82, 2.24) is 0 Å². The molecular formula is C38H11Br12N4O18S2-. The Kier molecular flexibility index (Phi) is 18.4. The molecule has 5 aromatic rings. The van der Waals surface area contributed by atoms with E-state index < -0.39 is 96.2 Å². The van der Waals surface area contributed by atoms with Crippen molar-refractivity contribution in [1.29, 1.82) is 0 Å². The van der Waals surface area contributed by atoms with Gasteiger partial charge in [0.15, 0.2) is 5.60 Å². The van der Waals surface area contributed by atoms with Crippen LogP contribution in [-0.4, -0.2) is 62.2 Å². The predicted molar refractivity (Wildman–Crippen MR) is 301 cm³/mol. The number of benzene rings is 5. The Morgan fingerprint density at radius 3 is 1.43 bits per heavy atom. The van der Waals surface area contributed by atoms with Crippen LogP contribution >= 0.6 is 191 Å². The number of phenols is 3. The topological polar surface area (TPSA) is 351 Å². The van der Waals surface area contributed by atoms with Gasteiger partial charge in [-0.3, -0.25) is 45.3 Å². The summed E-state index contributed by atoms with van der Waals surface area (Å²) in [6.45, 7) is 0. The summed E-state index contributed by atoms with van der Waals surface area (Å²) < 4.78 is 70.2. The monoisotopic (exact) mass is 1820 g/mol. The number of nitro groups is 4. The molecule has 5 aromatic carbocycles. The minimum absolute atomic E-state index is 0.0242. The molecule has 0 bridgehead atoms. The number of nitro benzene ring substituents is 3. The minimum atomic E-state index is -5.28. The summed E-state index contributed by atoms with van der Waals surface area (Å²) in [5, 5.41) is 77.3.